The summed E-state index contributed by atoms with van der Waals surface area (Å²) in [5, 5.41) is 1.12. The van der Waals surface area contributed by atoms with E-state index in [1.165, 1.54) is 25.7 Å². The molecule has 5 heteroatoms. The molecule has 1 aliphatic carbocycles. The first-order chi connectivity index (χ1) is 9.61. The van der Waals surface area contributed by atoms with Crippen molar-refractivity contribution in [2.24, 2.45) is 5.92 Å². The van der Waals surface area contributed by atoms with E-state index in [0.717, 1.165) is 16.9 Å². The highest BCUT2D eigenvalue weighted by Crippen LogP contribution is 2.38. The molecular weight excluding hydrogens is 315 g/mol. The summed E-state index contributed by atoms with van der Waals surface area (Å²) in [7, 11) is 0. The van der Waals surface area contributed by atoms with Crippen LogP contribution in [-0.2, 0) is 5.88 Å². The lowest BCUT2D eigenvalue weighted by atomic mass is 9.85. The molecule has 0 bridgehead atoms. The van der Waals surface area contributed by atoms with Gasteiger partial charge in [0.1, 0.15) is 5.82 Å². The van der Waals surface area contributed by atoms with Crippen molar-refractivity contribution in [3.05, 3.63) is 28.0 Å². The summed E-state index contributed by atoms with van der Waals surface area (Å²) in [4.78, 5) is 4.63. The first kappa shape index (κ1) is 14.5. The van der Waals surface area contributed by atoms with E-state index in [-0.39, 0.29) is 0 Å². The molecule has 20 heavy (non-hydrogen) atoms. The topological polar surface area (TPSA) is 17.8 Å². The van der Waals surface area contributed by atoms with Gasteiger partial charge in [-0.15, -0.1) is 11.6 Å². The van der Waals surface area contributed by atoms with E-state index in [4.69, 9.17) is 34.8 Å². The lowest BCUT2D eigenvalue weighted by molar-refractivity contribution is 0.258. The minimum absolute atomic E-state index is 0.410. The number of halogens is 3. The van der Waals surface area contributed by atoms with Gasteiger partial charge in [0.15, 0.2) is 0 Å². The van der Waals surface area contributed by atoms with Gasteiger partial charge in [0, 0.05) is 6.04 Å². The molecule has 2 atom stereocenters. The fourth-order valence-electron chi connectivity index (χ4n) is 3.28. The largest absolute Gasteiger partial charge is 0.324 e. The highest BCUT2D eigenvalue weighted by molar-refractivity contribution is 6.42. The monoisotopic (exact) mass is 330 g/mol. The standard InChI is InChI=1S/C15H17Cl3N2/c1-9-4-2-3-5-13(9)20-14-7-11(18)10(17)6-12(14)19-15(20)8-16/h6-7,9,13H,2-5,8H2,1H3. The second kappa shape index (κ2) is 5.75. The van der Waals surface area contributed by atoms with E-state index in [9.17, 15) is 0 Å². The van der Waals surface area contributed by atoms with E-state index in [2.05, 4.69) is 16.5 Å². The van der Waals surface area contributed by atoms with Crippen molar-refractivity contribution in [3.8, 4) is 0 Å². The molecule has 2 aromatic rings. The number of rotatable bonds is 2. The minimum atomic E-state index is 0.410. The van der Waals surface area contributed by atoms with Crippen LogP contribution in [0.3, 0.4) is 0 Å². The molecule has 1 heterocycles. The second-order valence-corrected chi connectivity index (χ2v) is 6.70. The Morgan fingerprint density at radius 2 is 1.90 bits per heavy atom. The van der Waals surface area contributed by atoms with Crippen molar-refractivity contribution < 1.29 is 0 Å². The van der Waals surface area contributed by atoms with Crippen LogP contribution in [0.15, 0.2) is 12.1 Å². The molecule has 0 aliphatic heterocycles. The lowest BCUT2D eigenvalue weighted by Gasteiger charge is -2.31. The molecule has 0 saturated heterocycles. The number of hydrogen-bond acceptors (Lipinski definition) is 1. The van der Waals surface area contributed by atoms with E-state index >= 15 is 0 Å². The Kier molecular flexibility index (Phi) is 4.16. The highest BCUT2D eigenvalue weighted by atomic mass is 35.5. The predicted molar refractivity (Wildman–Crippen MR) is 86.0 cm³/mol. The smallest absolute Gasteiger partial charge is 0.125 e. The Hall–Kier alpha value is -0.440. The van der Waals surface area contributed by atoms with Crippen LogP contribution in [0, 0.1) is 5.92 Å². The maximum absolute atomic E-state index is 6.18. The van der Waals surface area contributed by atoms with Crippen molar-refractivity contribution in [2.75, 3.05) is 0 Å². The quantitative estimate of drug-likeness (QED) is 0.633. The van der Waals surface area contributed by atoms with Gasteiger partial charge in [-0.05, 0) is 30.9 Å². The van der Waals surface area contributed by atoms with Crippen LogP contribution in [0.25, 0.3) is 11.0 Å². The van der Waals surface area contributed by atoms with Crippen LogP contribution in [-0.4, -0.2) is 9.55 Å². The molecule has 108 valence electrons. The Morgan fingerprint density at radius 1 is 1.20 bits per heavy atom. The van der Waals surface area contributed by atoms with Crippen molar-refractivity contribution in [1.82, 2.24) is 9.55 Å². The summed E-state index contributed by atoms with van der Waals surface area (Å²) in [5.74, 6) is 1.96. The summed E-state index contributed by atoms with van der Waals surface area (Å²) < 4.78 is 2.29. The number of alkyl halides is 1. The molecule has 0 amide bonds. The zero-order valence-electron chi connectivity index (χ0n) is 11.4. The normalized spacial score (nSPS) is 23.4. The maximum Gasteiger partial charge on any atom is 0.125 e. The molecule has 2 unspecified atom stereocenters. The van der Waals surface area contributed by atoms with Crippen molar-refractivity contribution in [3.63, 3.8) is 0 Å². The van der Waals surface area contributed by atoms with Gasteiger partial charge in [-0.2, -0.15) is 0 Å². The predicted octanol–water partition coefficient (Wildman–Crippen LogP) is 5.83. The number of benzene rings is 1. The summed E-state index contributed by atoms with van der Waals surface area (Å²) in [6, 6.07) is 4.21. The Bertz CT molecular complexity index is 636. The molecule has 0 spiro atoms. The minimum Gasteiger partial charge on any atom is -0.324 e. The molecule has 2 nitrogen and oxygen atoms in total. The van der Waals surface area contributed by atoms with Gasteiger partial charge in [0.25, 0.3) is 0 Å². The molecule has 0 radical (unpaired) electrons. The van der Waals surface area contributed by atoms with Crippen LogP contribution in [0.1, 0.15) is 44.5 Å². The molecular formula is C15H17Cl3N2. The fraction of sp³-hybridized carbons (Fsp3) is 0.533. The fourth-order valence-corrected chi connectivity index (χ4v) is 3.79. The van der Waals surface area contributed by atoms with Crippen LogP contribution in [0.4, 0.5) is 0 Å². The SMILES string of the molecule is CC1CCCCC1n1c(CCl)nc2cc(Cl)c(Cl)cc21. The molecule has 3 rings (SSSR count). The average molecular weight is 332 g/mol. The number of aromatic nitrogens is 2. The van der Waals surface area contributed by atoms with Gasteiger partial charge in [0.2, 0.25) is 0 Å². The van der Waals surface area contributed by atoms with Crippen LogP contribution in [0.5, 0.6) is 0 Å². The zero-order valence-corrected chi connectivity index (χ0v) is 13.6. The summed E-state index contributed by atoms with van der Waals surface area (Å²) >= 11 is 18.4. The first-order valence-electron chi connectivity index (χ1n) is 7.03. The van der Waals surface area contributed by atoms with Gasteiger partial charge in [-0.3, -0.25) is 0 Å². The van der Waals surface area contributed by atoms with E-state index in [0.29, 0.717) is 27.9 Å². The summed E-state index contributed by atoms with van der Waals surface area (Å²) in [6.45, 7) is 2.31. The van der Waals surface area contributed by atoms with Gasteiger partial charge < -0.3 is 4.57 Å². The molecule has 1 fully saturated rings. The van der Waals surface area contributed by atoms with Crippen molar-refractivity contribution in [1.29, 1.82) is 0 Å². The molecule has 1 saturated carbocycles. The highest BCUT2D eigenvalue weighted by Gasteiger charge is 2.26. The van der Waals surface area contributed by atoms with Gasteiger partial charge >= 0.3 is 0 Å². The van der Waals surface area contributed by atoms with Crippen LogP contribution < -0.4 is 0 Å². The average Bonchev–Trinajstić information content (AvgIpc) is 2.77. The molecule has 0 N–H and O–H groups in total. The second-order valence-electron chi connectivity index (χ2n) is 5.62. The van der Waals surface area contributed by atoms with Crippen molar-refractivity contribution >= 4 is 45.8 Å². The third kappa shape index (κ3) is 2.43. The number of fused-ring (bicyclic) bond motifs is 1. The molecule has 1 aliphatic rings. The van der Waals surface area contributed by atoms with Gasteiger partial charge in [0.05, 0.1) is 27.0 Å². The summed E-state index contributed by atoms with van der Waals surface area (Å²) in [6.07, 6.45) is 5.01. The lowest BCUT2D eigenvalue weighted by Crippen LogP contribution is -2.22. The van der Waals surface area contributed by atoms with E-state index in [1.807, 2.05) is 12.1 Å². The summed E-state index contributed by atoms with van der Waals surface area (Å²) in [5.41, 5.74) is 1.93. The number of hydrogen-bond donors (Lipinski definition) is 0. The molecule has 1 aromatic carbocycles. The zero-order chi connectivity index (χ0) is 14.3. The third-order valence-electron chi connectivity index (χ3n) is 4.32. The first-order valence-corrected chi connectivity index (χ1v) is 8.32. The van der Waals surface area contributed by atoms with E-state index < -0.39 is 0 Å². The Morgan fingerprint density at radius 3 is 2.60 bits per heavy atom. The van der Waals surface area contributed by atoms with E-state index in [1.54, 1.807) is 0 Å². The number of nitrogens with zero attached hydrogens (tertiary/aromatic N) is 2. The van der Waals surface area contributed by atoms with Crippen LogP contribution >= 0.6 is 34.8 Å². The Balaban J connectivity index is 2.19. The van der Waals surface area contributed by atoms with Gasteiger partial charge in [-0.1, -0.05) is 43.0 Å². The van der Waals surface area contributed by atoms with Gasteiger partial charge in [-0.25, -0.2) is 4.98 Å². The molecule has 1 aromatic heterocycles. The number of imidazole rings is 1. The third-order valence-corrected chi connectivity index (χ3v) is 5.28. The van der Waals surface area contributed by atoms with Crippen LogP contribution in [0.2, 0.25) is 10.0 Å². The Labute approximate surface area is 134 Å². The van der Waals surface area contributed by atoms with Crippen molar-refractivity contribution in [2.45, 2.75) is 44.5 Å². The maximum atomic E-state index is 6.18.